The Bertz CT molecular complexity index is 348. The predicted molar refractivity (Wildman–Crippen MR) is 71.2 cm³/mol. The van der Waals surface area contributed by atoms with Crippen LogP contribution in [0.4, 0.5) is 0 Å². The van der Waals surface area contributed by atoms with Gasteiger partial charge in [-0.15, -0.1) is 0 Å². The van der Waals surface area contributed by atoms with Crippen LogP contribution in [0.15, 0.2) is 42.7 Å². The smallest absolute Gasteiger partial charge is 0.0890 e. The maximum absolute atomic E-state index is 3.47. The lowest BCUT2D eigenvalue weighted by Gasteiger charge is -2.17. The molecular weight excluding hydrogens is 210 g/mol. The second-order valence-corrected chi connectivity index (χ2v) is 4.52. The number of rotatable bonds is 6. The molecule has 1 aromatic rings. The minimum atomic E-state index is 0.969. The molecule has 2 rings (SSSR count). The zero-order valence-corrected chi connectivity index (χ0v) is 10.5. The molecule has 0 atom stereocenters. The van der Waals surface area contributed by atoms with Gasteiger partial charge in [-0.25, -0.2) is 0 Å². The van der Waals surface area contributed by atoms with Crippen LogP contribution in [0.2, 0.25) is 0 Å². The second kappa shape index (κ2) is 6.30. The Morgan fingerprint density at radius 1 is 1.18 bits per heavy atom. The molecule has 1 aliphatic rings. The average Bonchev–Trinajstić information content (AvgIpc) is 2.76. The van der Waals surface area contributed by atoms with Crippen molar-refractivity contribution in [1.82, 2.24) is 15.1 Å². The maximum Gasteiger partial charge on any atom is 0.0890 e. The first-order valence-electron chi connectivity index (χ1n) is 6.22. The summed E-state index contributed by atoms with van der Waals surface area (Å²) in [6.07, 6.45) is 5.47. The van der Waals surface area contributed by atoms with Crippen LogP contribution in [0, 0.1) is 0 Å². The van der Waals surface area contributed by atoms with Gasteiger partial charge in [0.15, 0.2) is 0 Å². The zero-order chi connectivity index (χ0) is 11.9. The number of hydrogen-bond donors (Lipinski definition) is 1. The van der Waals surface area contributed by atoms with E-state index in [1.807, 2.05) is 0 Å². The van der Waals surface area contributed by atoms with Crippen molar-refractivity contribution >= 4 is 0 Å². The van der Waals surface area contributed by atoms with Crippen LogP contribution in [0.25, 0.3) is 0 Å². The van der Waals surface area contributed by atoms with Crippen LogP contribution in [0.5, 0.6) is 0 Å². The van der Waals surface area contributed by atoms with Gasteiger partial charge in [-0.3, -0.25) is 0 Å². The predicted octanol–water partition coefficient (Wildman–Crippen LogP) is 1.84. The molecule has 1 aliphatic heterocycles. The lowest BCUT2D eigenvalue weighted by atomic mass is 10.2. The fourth-order valence-corrected chi connectivity index (χ4v) is 1.97. The highest BCUT2D eigenvalue weighted by molar-refractivity contribution is 5.14. The summed E-state index contributed by atoms with van der Waals surface area (Å²) in [6, 6.07) is 10.5. The van der Waals surface area contributed by atoms with E-state index in [0.29, 0.717) is 0 Å². The van der Waals surface area contributed by atoms with Gasteiger partial charge in [0.05, 0.1) is 6.67 Å². The molecule has 0 radical (unpaired) electrons. The summed E-state index contributed by atoms with van der Waals surface area (Å²) in [4.78, 5) is 4.53. The SMILES string of the molecule is CN1C=CN(CCCNCc2ccccc2)C1. The summed E-state index contributed by atoms with van der Waals surface area (Å²) in [6.45, 7) is 4.20. The topological polar surface area (TPSA) is 18.5 Å². The van der Waals surface area contributed by atoms with Crippen molar-refractivity contribution < 1.29 is 0 Å². The summed E-state index contributed by atoms with van der Waals surface area (Å²) >= 11 is 0. The first-order valence-corrected chi connectivity index (χ1v) is 6.22. The normalized spacial score (nSPS) is 14.6. The fraction of sp³-hybridized carbons (Fsp3) is 0.429. The molecule has 0 amide bonds. The highest BCUT2D eigenvalue weighted by Crippen LogP contribution is 2.03. The Labute approximate surface area is 104 Å². The van der Waals surface area contributed by atoms with Crippen LogP contribution in [-0.4, -0.2) is 36.6 Å². The molecule has 1 N–H and O–H groups in total. The standard InChI is InChI=1S/C14H21N3/c1-16-10-11-17(13-16)9-5-8-15-12-14-6-3-2-4-7-14/h2-4,6-7,10-11,15H,5,8-9,12-13H2,1H3. The molecule has 0 aliphatic carbocycles. The van der Waals surface area contributed by atoms with E-state index in [1.165, 1.54) is 12.0 Å². The maximum atomic E-state index is 3.47. The Hall–Kier alpha value is -1.48. The van der Waals surface area contributed by atoms with Crippen molar-refractivity contribution in [2.75, 3.05) is 26.8 Å². The largest absolute Gasteiger partial charge is 0.362 e. The number of benzene rings is 1. The van der Waals surface area contributed by atoms with Crippen LogP contribution in [0.3, 0.4) is 0 Å². The van der Waals surface area contributed by atoms with Gasteiger partial charge in [0.25, 0.3) is 0 Å². The van der Waals surface area contributed by atoms with E-state index in [1.54, 1.807) is 0 Å². The van der Waals surface area contributed by atoms with Crippen molar-refractivity contribution in [3.05, 3.63) is 48.3 Å². The van der Waals surface area contributed by atoms with Crippen molar-refractivity contribution in [1.29, 1.82) is 0 Å². The Balaban J connectivity index is 1.54. The lowest BCUT2D eigenvalue weighted by molar-refractivity contribution is 0.292. The molecule has 17 heavy (non-hydrogen) atoms. The molecule has 0 saturated carbocycles. The van der Waals surface area contributed by atoms with Crippen LogP contribution >= 0.6 is 0 Å². The van der Waals surface area contributed by atoms with Crippen molar-refractivity contribution in [2.45, 2.75) is 13.0 Å². The molecule has 92 valence electrons. The summed E-state index contributed by atoms with van der Waals surface area (Å²) in [5.41, 5.74) is 1.35. The molecule has 0 fully saturated rings. The van der Waals surface area contributed by atoms with Gasteiger partial charge in [0.1, 0.15) is 0 Å². The van der Waals surface area contributed by atoms with Gasteiger partial charge in [-0.1, -0.05) is 30.3 Å². The van der Waals surface area contributed by atoms with E-state index in [4.69, 9.17) is 0 Å². The van der Waals surface area contributed by atoms with Crippen molar-refractivity contribution in [3.8, 4) is 0 Å². The highest BCUT2D eigenvalue weighted by atomic mass is 15.3. The van der Waals surface area contributed by atoms with Crippen LogP contribution in [0.1, 0.15) is 12.0 Å². The van der Waals surface area contributed by atoms with Crippen LogP contribution in [-0.2, 0) is 6.54 Å². The number of hydrogen-bond acceptors (Lipinski definition) is 3. The molecule has 0 bridgehead atoms. The molecular formula is C14H21N3. The molecule has 0 aromatic heterocycles. The Morgan fingerprint density at radius 3 is 2.71 bits per heavy atom. The third kappa shape index (κ3) is 4.11. The third-order valence-electron chi connectivity index (χ3n) is 2.91. The van der Waals surface area contributed by atoms with Gasteiger partial charge >= 0.3 is 0 Å². The van der Waals surface area contributed by atoms with Gasteiger partial charge in [-0.2, -0.15) is 0 Å². The number of nitrogens with one attached hydrogen (secondary N) is 1. The van der Waals surface area contributed by atoms with Gasteiger partial charge in [0, 0.05) is 32.5 Å². The molecule has 0 saturated heterocycles. The lowest BCUT2D eigenvalue weighted by Crippen LogP contribution is -2.26. The minimum Gasteiger partial charge on any atom is -0.362 e. The summed E-state index contributed by atoms with van der Waals surface area (Å²) < 4.78 is 0. The van der Waals surface area contributed by atoms with Crippen LogP contribution < -0.4 is 5.32 Å². The third-order valence-corrected chi connectivity index (χ3v) is 2.91. The number of nitrogens with zero attached hydrogens (tertiary/aromatic N) is 2. The van der Waals surface area contributed by atoms with E-state index in [-0.39, 0.29) is 0 Å². The monoisotopic (exact) mass is 231 g/mol. The molecule has 3 nitrogen and oxygen atoms in total. The summed E-state index contributed by atoms with van der Waals surface area (Å²) in [7, 11) is 2.10. The molecule has 0 spiro atoms. The van der Waals surface area contributed by atoms with Crippen molar-refractivity contribution in [2.24, 2.45) is 0 Å². The molecule has 3 heteroatoms. The van der Waals surface area contributed by atoms with E-state index in [9.17, 15) is 0 Å². The first kappa shape index (κ1) is 12.0. The average molecular weight is 231 g/mol. The minimum absolute atomic E-state index is 0.969. The first-order chi connectivity index (χ1) is 8.34. The Kier molecular flexibility index (Phi) is 4.45. The zero-order valence-electron chi connectivity index (χ0n) is 10.5. The van der Waals surface area contributed by atoms with Gasteiger partial charge < -0.3 is 15.1 Å². The van der Waals surface area contributed by atoms with E-state index in [2.05, 4.69) is 64.9 Å². The molecule has 1 heterocycles. The fourth-order valence-electron chi connectivity index (χ4n) is 1.97. The summed E-state index contributed by atoms with van der Waals surface area (Å²) in [5.74, 6) is 0. The highest BCUT2D eigenvalue weighted by Gasteiger charge is 2.06. The molecule has 0 unspecified atom stereocenters. The van der Waals surface area contributed by atoms with Gasteiger partial charge in [0.2, 0.25) is 0 Å². The van der Waals surface area contributed by atoms with Crippen molar-refractivity contribution in [3.63, 3.8) is 0 Å². The molecule has 1 aromatic carbocycles. The van der Waals surface area contributed by atoms with E-state index < -0.39 is 0 Å². The van der Waals surface area contributed by atoms with E-state index >= 15 is 0 Å². The quantitative estimate of drug-likeness (QED) is 0.754. The Morgan fingerprint density at radius 2 is 2.00 bits per heavy atom. The van der Waals surface area contributed by atoms with Gasteiger partial charge in [-0.05, 0) is 18.5 Å². The van der Waals surface area contributed by atoms with E-state index in [0.717, 1.165) is 26.3 Å². The second-order valence-electron chi connectivity index (χ2n) is 4.52. The summed E-state index contributed by atoms with van der Waals surface area (Å²) in [5, 5.41) is 3.47.